The largest absolute Gasteiger partial charge is 0.493 e. The highest BCUT2D eigenvalue weighted by Crippen LogP contribution is 2.26. The Labute approximate surface area is 164 Å². The van der Waals surface area contributed by atoms with Gasteiger partial charge in [-0.2, -0.15) is 0 Å². The zero-order valence-electron chi connectivity index (χ0n) is 16.4. The van der Waals surface area contributed by atoms with Gasteiger partial charge in [0.05, 0.1) is 12.6 Å². The van der Waals surface area contributed by atoms with Gasteiger partial charge < -0.3 is 10.1 Å². The molecule has 0 saturated carbocycles. The molecule has 1 aliphatic rings. The number of carbonyl (C=O) groups is 1. The van der Waals surface area contributed by atoms with Crippen LogP contribution in [-0.2, 0) is 17.6 Å². The molecule has 0 aliphatic carbocycles. The van der Waals surface area contributed by atoms with Crippen LogP contribution in [0.1, 0.15) is 49.7 Å². The molecule has 0 radical (unpaired) electrons. The Kier molecular flexibility index (Phi) is 5.28. The summed E-state index contributed by atoms with van der Waals surface area (Å²) in [7, 11) is 0. The molecule has 3 heterocycles. The number of benzene rings is 1. The Balaban J connectivity index is 1.44. The van der Waals surface area contributed by atoms with E-state index in [2.05, 4.69) is 41.5 Å². The van der Waals surface area contributed by atoms with E-state index in [1.807, 2.05) is 34.9 Å². The maximum Gasteiger partial charge on any atom is 0.220 e. The molecule has 3 aromatic rings. The van der Waals surface area contributed by atoms with Gasteiger partial charge in [0.1, 0.15) is 5.75 Å². The first-order chi connectivity index (χ1) is 13.6. The van der Waals surface area contributed by atoms with Crippen molar-refractivity contribution < 1.29 is 9.53 Å². The number of hydrogen-bond donors (Lipinski definition) is 1. The average molecular weight is 378 g/mol. The maximum atomic E-state index is 12.7. The lowest BCUT2D eigenvalue weighted by molar-refractivity contribution is -0.122. The topological polar surface area (TPSA) is 68.5 Å². The van der Waals surface area contributed by atoms with Gasteiger partial charge >= 0.3 is 0 Å². The predicted molar refractivity (Wildman–Crippen MR) is 107 cm³/mol. The third kappa shape index (κ3) is 4.01. The van der Waals surface area contributed by atoms with Crippen LogP contribution >= 0.6 is 0 Å². The van der Waals surface area contributed by atoms with Gasteiger partial charge in [-0.25, -0.2) is 0 Å². The normalized spacial score (nSPS) is 14.1. The Morgan fingerprint density at radius 2 is 2.14 bits per heavy atom. The van der Waals surface area contributed by atoms with E-state index < -0.39 is 0 Å². The fourth-order valence-electron chi connectivity index (χ4n) is 3.72. The second-order valence-electron chi connectivity index (χ2n) is 7.78. The van der Waals surface area contributed by atoms with E-state index in [0.29, 0.717) is 18.8 Å². The molecule has 1 atom stereocenters. The summed E-state index contributed by atoms with van der Waals surface area (Å²) in [5, 5.41) is 11.8. The molecule has 28 heavy (non-hydrogen) atoms. The average Bonchev–Trinajstić information content (AvgIpc) is 3.31. The highest BCUT2D eigenvalue weighted by Gasteiger charge is 2.21. The van der Waals surface area contributed by atoms with Gasteiger partial charge in [0.15, 0.2) is 11.5 Å². The third-order valence-electron chi connectivity index (χ3n) is 5.09. The van der Waals surface area contributed by atoms with Gasteiger partial charge in [0.2, 0.25) is 5.91 Å². The first kappa shape index (κ1) is 18.5. The lowest BCUT2D eigenvalue weighted by Crippen LogP contribution is -2.31. The predicted octanol–water partition coefficient (Wildman–Crippen LogP) is 3.50. The summed E-state index contributed by atoms with van der Waals surface area (Å²) in [5.74, 6) is 2.23. The molecule has 4 rings (SSSR count). The number of rotatable bonds is 7. The van der Waals surface area contributed by atoms with Gasteiger partial charge in [-0.15, -0.1) is 10.2 Å². The summed E-state index contributed by atoms with van der Waals surface area (Å²) < 4.78 is 7.50. The molecule has 0 spiro atoms. The second kappa shape index (κ2) is 8.00. The zero-order chi connectivity index (χ0) is 19.5. The molecule has 6 heteroatoms. The first-order valence-electron chi connectivity index (χ1n) is 9.94. The van der Waals surface area contributed by atoms with Crippen molar-refractivity contribution in [1.29, 1.82) is 0 Å². The summed E-state index contributed by atoms with van der Waals surface area (Å²) in [5.41, 5.74) is 3.21. The van der Waals surface area contributed by atoms with Crippen LogP contribution in [-0.4, -0.2) is 27.1 Å². The molecule has 1 aromatic carbocycles. The van der Waals surface area contributed by atoms with Crippen molar-refractivity contribution in [3.8, 4) is 5.75 Å². The van der Waals surface area contributed by atoms with Crippen molar-refractivity contribution in [2.45, 2.75) is 45.6 Å². The fourth-order valence-corrected chi connectivity index (χ4v) is 3.72. The highest BCUT2D eigenvalue weighted by molar-refractivity contribution is 5.76. The number of amides is 1. The van der Waals surface area contributed by atoms with E-state index in [1.54, 1.807) is 0 Å². The number of aryl methyl sites for hydroxylation is 1. The molecule has 1 amide bonds. The number of nitrogens with one attached hydrogen (secondary N) is 1. The van der Waals surface area contributed by atoms with Crippen LogP contribution in [0.5, 0.6) is 5.75 Å². The quantitative estimate of drug-likeness (QED) is 0.683. The van der Waals surface area contributed by atoms with Crippen LogP contribution in [0.15, 0.2) is 42.6 Å². The van der Waals surface area contributed by atoms with Gasteiger partial charge in [0, 0.05) is 19.0 Å². The molecular formula is C22H26N4O2. The van der Waals surface area contributed by atoms with Gasteiger partial charge in [0.25, 0.3) is 0 Å². The fraction of sp³-hybridized carbons (Fsp3) is 0.409. The van der Waals surface area contributed by atoms with Crippen LogP contribution < -0.4 is 10.1 Å². The molecule has 146 valence electrons. The summed E-state index contributed by atoms with van der Waals surface area (Å²) in [6.07, 6.45) is 4.87. The number of ether oxygens (including phenoxy) is 1. The molecule has 2 aromatic heterocycles. The molecule has 1 N–H and O–H groups in total. The number of nitrogens with zero attached hydrogens (tertiary/aromatic N) is 3. The van der Waals surface area contributed by atoms with Crippen molar-refractivity contribution in [3.05, 3.63) is 59.5 Å². The molecular weight excluding hydrogens is 352 g/mol. The number of aromatic nitrogens is 3. The minimum Gasteiger partial charge on any atom is -0.493 e. The summed E-state index contributed by atoms with van der Waals surface area (Å²) in [6, 6.07) is 11.9. The summed E-state index contributed by atoms with van der Waals surface area (Å²) >= 11 is 0. The van der Waals surface area contributed by atoms with E-state index >= 15 is 0 Å². The standard InChI is InChI=1S/C22H26N4O2/c1-15(2)13-18(22-25-24-20-5-3-4-11-26(20)22)23-21(27)9-7-16-6-8-19-17(14-16)10-12-28-19/h3-6,8,11,14-15,18H,7,9-10,12-13H2,1-2H3,(H,23,27)/t18-/m1/s1. The Hall–Kier alpha value is -2.89. The second-order valence-corrected chi connectivity index (χ2v) is 7.78. The molecule has 0 saturated heterocycles. The molecule has 6 nitrogen and oxygen atoms in total. The van der Waals surface area contributed by atoms with Crippen molar-refractivity contribution in [2.75, 3.05) is 6.61 Å². The minimum atomic E-state index is -0.154. The third-order valence-corrected chi connectivity index (χ3v) is 5.09. The summed E-state index contributed by atoms with van der Waals surface area (Å²) in [4.78, 5) is 12.7. The van der Waals surface area contributed by atoms with E-state index in [-0.39, 0.29) is 11.9 Å². The lowest BCUT2D eigenvalue weighted by Gasteiger charge is -2.19. The SMILES string of the molecule is CC(C)C[C@@H](NC(=O)CCc1ccc2c(c1)CCO2)c1nnc2ccccn12. The van der Waals surface area contributed by atoms with Crippen LogP contribution in [0.4, 0.5) is 0 Å². The van der Waals surface area contributed by atoms with E-state index in [0.717, 1.165) is 36.7 Å². The number of fused-ring (bicyclic) bond motifs is 2. The number of hydrogen-bond acceptors (Lipinski definition) is 4. The molecule has 0 fully saturated rings. The Morgan fingerprint density at radius 1 is 1.25 bits per heavy atom. The van der Waals surface area contributed by atoms with Crippen molar-refractivity contribution in [2.24, 2.45) is 5.92 Å². The van der Waals surface area contributed by atoms with Crippen molar-refractivity contribution in [1.82, 2.24) is 19.9 Å². The van der Waals surface area contributed by atoms with Gasteiger partial charge in [-0.1, -0.05) is 32.0 Å². The summed E-state index contributed by atoms with van der Waals surface area (Å²) in [6.45, 7) is 5.05. The number of carbonyl (C=O) groups excluding carboxylic acids is 1. The lowest BCUT2D eigenvalue weighted by atomic mass is 10.0. The minimum absolute atomic E-state index is 0.0371. The van der Waals surface area contributed by atoms with Crippen molar-refractivity contribution in [3.63, 3.8) is 0 Å². The van der Waals surface area contributed by atoms with Crippen LogP contribution in [0, 0.1) is 5.92 Å². The van der Waals surface area contributed by atoms with Gasteiger partial charge in [-0.3, -0.25) is 9.20 Å². The smallest absolute Gasteiger partial charge is 0.220 e. The highest BCUT2D eigenvalue weighted by atomic mass is 16.5. The van der Waals surface area contributed by atoms with Crippen LogP contribution in [0.3, 0.4) is 0 Å². The first-order valence-corrected chi connectivity index (χ1v) is 9.94. The molecule has 0 bridgehead atoms. The number of pyridine rings is 1. The van der Waals surface area contributed by atoms with E-state index in [9.17, 15) is 4.79 Å². The zero-order valence-corrected chi connectivity index (χ0v) is 16.4. The van der Waals surface area contributed by atoms with E-state index in [1.165, 1.54) is 11.1 Å². The van der Waals surface area contributed by atoms with Gasteiger partial charge in [-0.05, 0) is 48.1 Å². The van der Waals surface area contributed by atoms with E-state index in [4.69, 9.17) is 4.74 Å². The molecule has 1 aliphatic heterocycles. The molecule has 0 unspecified atom stereocenters. The van der Waals surface area contributed by atoms with Crippen LogP contribution in [0.25, 0.3) is 5.65 Å². The van der Waals surface area contributed by atoms with Crippen LogP contribution in [0.2, 0.25) is 0 Å². The Bertz CT molecular complexity index is 980. The Morgan fingerprint density at radius 3 is 3.00 bits per heavy atom. The maximum absolute atomic E-state index is 12.7. The van der Waals surface area contributed by atoms with Crippen molar-refractivity contribution >= 4 is 11.6 Å². The monoisotopic (exact) mass is 378 g/mol.